The van der Waals surface area contributed by atoms with Gasteiger partial charge in [-0.25, -0.2) is 0 Å². The number of carbonyl (C=O) groups excluding carboxylic acids is 1. The van der Waals surface area contributed by atoms with E-state index in [9.17, 15) is 4.79 Å². The minimum Gasteiger partial charge on any atom is -0.465 e. The van der Waals surface area contributed by atoms with Crippen LogP contribution >= 0.6 is 0 Å². The van der Waals surface area contributed by atoms with E-state index in [2.05, 4.69) is 24.3 Å². The van der Waals surface area contributed by atoms with Crippen molar-refractivity contribution < 1.29 is 9.53 Å². The molecule has 0 amide bonds. The van der Waals surface area contributed by atoms with Gasteiger partial charge in [0, 0.05) is 0 Å². The fraction of sp³-hybridized carbons (Fsp3) is 0.533. The van der Waals surface area contributed by atoms with Crippen LogP contribution in [0.15, 0.2) is 30.3 Å². The van der Waals surface area contributed by atoms with Gasteiger partial charge < -0.3 is 4.74 Å². The molecule has 0 bridgehead atoms. The third-order valence-corrected chi connectivity index (χ3v) is 2.55. The summed E-state index contributed by atoms with van der Waals surface area (Å²) in [6.45, 7) is 6.15. The topological polar surface area (TPSA) is 26.3 Å². The van der Waals surface area contributed by atoms with E-state index >= 15 is 0 Å². The summed E-state index contributed by atoms with van der Waals surface area (Å²) in [5.41, 5.74) is 0.953. The molecule has 2 nitrogen and oxygen atoms in total. The Balaban J connectivity index is 2.12. The maximum atomic E-state index is 11.5. The molecule has 0 N–H and O–H groups in total. The highest BCUT2D eigenvalue weighted by Gasteiger charge is 2.22. The zero-order valence-corrected chi connectivity index (χ0v) is 11.0. The molecule has 0 saturated carbocycles. The van der Waals surface area contributed by atoms with Crippen LogP contribution in [0.4, 0.5) is 0 Å². The summed E-state index contributed by atoms with van der Waals surface area (Å²) in [5.74, 6) is -0.114. The molecule has 0 unspecified atom stereocenters. The van der Waals surface area contributed by atoms with E-state index < -0.39 is 0 Å². The van der Waals surface area contributed by atoms with E-state index in [0.29, 0.717) is 6.61 Å². The lowest BCUT2D eigenvalue weighted by molar-refractivity contribution is -0.153. The van der Waals surface area contributed by atoms with Gasteiger partial charge in [0.15, 0.2) is 0 Å². The van der Waals surface area contributed by atoms with Crippen LogP contribution in [0.2, 0.25) is 0 Å². The number of aryl methyl sites for hydroxylation is 1. The average Bonchev–Trinajstić information content (AvgIpc) is 2.28. The van der Waals surface area contributed by atoms with Gasteiger partial charge in [0.2, 0.25) is 0 Å². The molecule has 0 saturated heterocycles. The van der Waals surface area contributed by atoms with Crippen LogP contribution in [0.25, 0.3) is 0 Å². The number of benzene rings is 1. The highest BCUT2D eigenvalue weighted by molar-refractivity contribution is 5.75. The average molecular weight is 234 g/mol. The van der Waals surface area contributed by atoms with Gasteiger partial charge in [0.1, 0.15) is 0 Å². The van der Waals surface area contributed by atoms with Gasteiger partial charge in [-0.3, -0.25) is 4.79 Å². The smallest absolute Gasteiger partial charge is 0.311 e. The van der Waals surface area contributed by atoms with Gasteiger partial charge in [-0.15, -0.1) is 0 Å². The lowest BCUT2D eigenvalue weighted by Crippen LogP contribution is -2.23. The molecule has 0 aliphatic heterocycles. The molecule has 0 spiro atoms. The van der Waals surface area contributed by atoms with Crippen molar-refractivity contribution in [2.45, 2.75) is 40.0 Å². The Bertz CT molecular complexity index is 336. The van der Waals surface area contributed by atoms with Crippen LogP contribution in [0.5, 0.6) is 0 Å². The van der Waals surface area contributed by atoms with Gasteiger partial charge in [-0.05, 0) is 45.6 Å². The second-order valence-electron chi connectivity index (χ2n) is 5.33. The van der Waals surface area contributed by atoms with E-state index in [0.717, 1.165) is 19.3 Å². The molecule has 2 heteroatoms. The Kier molecular flexibility index (Phi) is 5.20. The monoisotopic (exact) mass is 234 g/mol. The van der Waals surface area contributed by atoms with Gasteiger partial charge >= 0.3 is 5.97 Å². The summed E-state index contributed by atoms with van der Waals surface area (Å²) in [5, 5.41) is 0. The number of esters is 1. The second-order valence-corrected chi connectivity index (χ2v) is 5.33. The largest absolute Gasteiger partial charge is 0.465 e. The summed E-state index contributed by atoms with van der Waals surface area (Å²) < 4.78 is 5.21. The number of hydrogen-bond acceptors (Lipinski definition) is 2. The summed E-state index contributed by atoms with van der Waals surface area (Å²) in [6.07, 6.45) is 3.03. The molecule has 0 heterocycles. The molecule has 1 aromatic carbocycles. The van der Waals surface area contributed by atoms with E-state index in [1.807, 2.05) is 26.8 Å². The normalized spacial score (nSPS) is 11.2. The molecule has 0 radical (unpaired) electrons. The van der Waals surface area contributed by atoms with Gasteiger partial charge in [-0.2, -0.15) is 0 Å². The molecule has 94 valence electrons. The summed E-state index contributed by atoms with van der Waals surface area (Å²) >= 11 is 0. The van der Waals surface area contributed by atoms with Crippen molar-refractivity contribution in [2.24, 2.45) is 5.41 Å². The van der Waals surface area contributed by atoms with E-state index in [4.69, 9.17) is 4.74 Å². The maximum absolute atomic E-state index is 11.5. The lowest BCUT2D eigenvalue weighted by Gasteiger charge is -2.16. The van der Waals surface area contributed by atoms with Crippen LogP contribution in [0, 0.1) is 5.41 Å². The molecule has 1 aromatic rings. The first-order chi connectivity index (χ1) is 8.00. The minimum absolute atomic E-state index is 0.114. The van der Waals surface area contributed by atoms with Crippen molar-refractivity contribution in [3.05, 3.63) is 35.9 Å². The fourth-order valence-electron chi connectivity index (χ4n) is 1.46. The van der Waals surface area contributed by atoms with E-state index in [1.165, 1.54) is 5.56 Å². The van der Waals surface area contributed by atoms with Crippen molar-refractivity contribution in [1.82, 2.24) is 0 Å². The number of unbranched alkanes of at least 4 members (excludes halogenated alkanes) is 1. The van der Waals surface area contributed by atoms with Crippen molar-refractivity contribution >= 4 is 5.97 Å². The summed E-state index contributed by atoms with van der Waals surface area (Å²) in [6, 6.07) is 10.4. The van der Waals surface area contributed by atoms with Gasteiger partial charge in [0.05, 0.1) is 12.0 Å². The predicted octanol–water partition coefficient (Wildman–Crippen LogP) is 3.60. The molecule has 0 fully saturated rings. The van der Waals surface area contributed by atoms with Crippen LogP contribution in [-0.2, 0) is 16.0 Å². The molecule has 0 atom stereocenters. The maximum Gasteiger partial charge on any atom is 0.311 e. The Hall–Kier alpha value is -1.31. The Morgan fingerprint density at radius 1 is 1.12 bits per heavy atom. The van der Waals surface area contributed by atoms with Crippen molar-refractivity contribution in [1.29, 1.82) is 0 Å². The summed E-state index contributed by atoms with van der Waals surface area (Å²) in [4.78, 5) is 11.5. The van der Waals surface area contributed by atoms with Crippen molar-refractivity contribution in [3.8, 4) is 0 Å². The quantitative estimate of drug-likeness (QED) is 0.575. The Morgan fingerprint density at radius 2 is 1.76 bits per heavy atom. The number of hydrogen-bond donors (Lipinski definition) is 0. The number of rotatable bonds is 5. The van der Waals surface area contributed by atoms with Crippen molar-refractivity contribution in [3.63, 3.8) is 0 Å². The van der Waals surface area contributed by atoms with Crippen LogP contribution < -0.4 is 0 Å². The zero-order valence-electron chi connectivity index (χ0n) is 11.0. The minimum atomic E-state index is -0.389. The SMILES string of the molecule is CC(C)(C)C(=O)OCCCCc1ccccc1. The Labute approximate surface area is 104 Å². The molecule has 0 aromatic heterocycles. The standard InChI is InChI=1S/C15H22O2/c1-15(2,3)14(16)17-12-8-7-11-13-9-5-4-6-10-13/h4-6,9-10H,7-8,11-12H2,1-3H3. The van der Waals surface area contributed by atoms with E-state index in [-0.39, 0.29) is 11.4 Å². The summed E-state index contributed by atoms with van der Waals surface area (Å²) in [7, 11) is 0. The van der Waals surface area contributed by atoms with E-state index in [1.54, 1.807) is 0 Å². The third kappa shape index (κ3) is 5.53. The first-order valence-electron chi connectivity index (χ1n) is 6.21. The number of ether oxygens (including phenoxy) is 1. The highest BCUT2D eigenvalue weighted by atomic mass is 16.5. The molecular weight excluding hydrogens is 212 g/mol. The van der Waals surface area contributed by atoms with Gasteiger partial charge in [-0.1, -0.05) is 30.3 Å². The molecule has 1 rings (SSSR count). The van der Waals surface area contributed by atoms with Crippen LogP contribution in [0.3, 0.4) is 0 Å². The lowest BCUT2D eigenvalue weighted by atomic mass is 9.97. The van der Waals surface area contributed by atoms with Gasteiger partial charge in [0.25, 0.3) is 0 Å². The van der Waals surface area contributed by atoms with Crippen LogP contribution in [0.1, 0.15) is 39.2 Å². The predicted molar refractivity (Wildman–Crippen MR) is 69.8 cm³/mol. The highest BCUT2D eigenvalue weighted by Crippen LogP contribution is 2.15. The molecule has 0 aliphatic carbocycles. The zero-order chi connectivity index (χ0) is 12.7. The Morgan fingerprint density at radius 3 is 2.35 bits per heavy atom. The molecular formula is C15H22O2. The fourth-order valence-corrected chi connectivity index (χ4v) is 1.46. The first kappa shape index (κ1) is 13.8. The first-order valence-corrected chi connectivity index (χ1v) is 6.21. The molecule has 0 aliphatic rings. The number of carbonyl (C=O) groups is 1. The third-order valence-electron chi connectivity index (χ3n) is 2.55. The van der Waals surface area contributed by atoms with Crippen molar-refractivity contribution in [2.75, 3.05) is 6.61 Å². The second kappa shape index (κ2) is 6.43. The molecule has 17 heavy (non-hydrogen) atoms. The van der Waals surface area contributed by atoms with Crippen LogP contribution in [-0.4, -0.2) is 12.6 Å².